The van der Waals surface area contributed by atoms with Crippen LogP contribution in [-0.2, 0) is 4.79 Å². The maximum atomic E-state index is 11.3. The number of rotatable bonds is 6. The van der Waals surface area contributed by atoms with Gasteiger partial charge in [-0.25, -0.2) is 0 Å². The first-order valence-corrected chi connectivity index (χ1v) is 7.15. The maximum absolute atomic E-state index is 11.3. The number of carboxylic acids is 1. The van der Waals surface area contributed by atoms with Crippen molar-refractivity contribution in [3.05, 3.63) is 0 Å². The van der Waals surface area contributed by atoms with E-state index in [1.54, 1.807) is 0 Å². The zero-order valence-corrected chi connectivity index (χ0v) is 11.3. The van der Waals surface area contributed by atoms with Crippen molar-refractivity contribution in [2.24, 2.45) is 5.92 Å². The van der Waals surface area contributed by atoms with Crippen molar-refractivity contribution in [1.29, 1.82) is 0 Å². The molecule has 1 saturated carbocycles. The van der Waals surface area contributed by atoms with Gasteiger partial charge >= 0.3 is 5.97 Å². The predicted molar refractivity (Wildman–Crippen MR) is 69.0 cm³/mol. The number of aliphatic carboxylic acids is 1. The van der Waals surface area contributed by atoms with Gasteiger partial charge in [0.25, 0.3) is 0 Å². The summed E-state index contributed by atoms with van der Waals surface area (Å²) in [4.78, 5) is 11.3. The Labute approximate surface area is 102 Å². The normalized spacial score (nSPS) is 29.9. The maximum Gasteiger partial charge on any atom is 0.323 e. The molecule has 2 atom stereocenters. The molecule has 0 spiro atoms. The number of carboxylic acid groups (broad SMARTS) is 1. The minimum atomic E-state index is -0.679. The Bertz CT molecular complexity index is 245. The lowest BCUT2D eigenvalue weighted by Crippen LogP contribution is -2.50. The fourth-order valence-electron chi connectivity index (χ4n) is 2.24. The largest absolute Gasteiger partial charge is 0.480 e. The van der Waals surface area contributed by atoms with Gasteiger partial charge < -0.3 is 10.4 Å². The van der Waals surface area contributed by atoms with Crippen LogP contribution in [0.2, 0.25) is 0 Å². The van der Waals surface area contributed by atoms with Crippen molar-refractivity contribution in [2.45, 2.75) is 50.8 Å². The van der Waals surface area contributed by atoms with Crippen LogP contribution in [0.4, 0.5) is 0 Å². The predicted octanol–water partition coefficient (Wildman–Crippen LogP) is 2.36. The van der Waals surface area contributed by atoms with E-state index in [0.717, 1.165) is 31.6 Å². The zero-order valence-electron chi connectivity index (χ0n) is 10.5. The molecule has 2 unspecified atom stereocenters. The molecule has 1 rings (SSSR count). The van der Waals surface area contributed by atoms with Crippen LogP contribution in [0.15, 0.2) is 0 Å². The van der Waals surface area contributed by atoms with Crippen molar-refractivity contribution < 1.29 is 9.90 Å². The summed E-state index contributed by atoms with van der Waals surface area (Å²) >= 11 is 1.93. The molecule has 1 fully saturated rings. The van der Waals surface area contributed by atoms with Gasteiger partial charge in [0.15, 0.2) is 0 Å². The van der Waals surface area contributed by atoms with Crippen molar-refractivity contribution in [2.75, 3.05) is 12.3 Å². The zero-order chi connectivity index (χ0) is 12.2. The van der Waals surface area contributed by atoms with Crippen molar-refractivity contribution in [3.63, 3.8) is 0 Å². The van der Waals surface area contributed by atoms with Crippen LogP contribution in [0, 0.1) is 5.92 Å². The summed E-state index contributed by atoms with van der Waals surface area (Å²) in [5.41, 5.74) is -0.649. The average molecular weight is 245 g/mol. The van der Waals surface area contributed by atoms with Crippen LogP contribution >= 0.6 is 11.8 Å². The fraction of sp³-hybridized carbons (Fsp3) is 0.917. The summed E-state index contributed by atoms with van der Waals surface area (Å²) in [7, 11) is 0. The lowest BCUT2D eigenvalue weighted by atomic mass is 9.98. The van der Waals surface area contributed by atoms with E-state index < -0.39 is 11.5 Å². The van der Waals surface area contributed by atoms with Crippen LogP contribution in [-0.4, -0.2) is 34.2 Å². The summed E-state index contributed by atoms with van der Waals surface area (Å²) in [5.74, 6) is 1.14. The molecular formula is C12H23NO2S. The number of carbonyl (C=O) groups is 1. The van der Waals surface area contributed by atoms with E-state index in [1.807, 2.05) is 18.7 Å². The molecule has 0 aliphatic heterocycles. The molecular weight excluding hydrogens is 222 g/mol. The lowest BCUT2D eigenvalue weighted by Gasteiger charge is -2.25. The molecule has 0 radical (unpaired) electrons. The van der Waals surface area contributed by atoms with E-state index in [2.05, 4.69) is 19.2 Å². The summed E-state index contributed by atoms with van der Waals surface area (Å²) in [6, 6.07) is 0. The summed E-state index contributed by atoms with van der Waals surface area (Å²) in [6.45, 7) is 7.11. The third-order valence-corrected chi connectivity index (χ3v) is 4.79. The fourth-order valence-corrected chi connectivity index (χ4v) is 3.58. The molecule has 2 N–H and O–H groups in total. The third-order valence-electron chi connectivity index (χ3n) is 3.06. The number of hydrogen-bond donors (Lipinski definition) is 2. The average Bonchev–Trinajstić information content (AvgIpc) is 2.60. The van der Waals surface area contributed by atoms with Crippen LogP contribution in [0.3, 0.4) is 0 Å². The van der Waals surface area contributed by atoms with E-state index in [-0.39, 0.29) is 0 Å². The highest BCUT2D eigenvalue weighted by Crippen LogP contribution is 2.37. The molecule has 1 aliphatic rings. The summed E-state index contributed by atoms with van der Waals surface area (Å²) in [6.07, 6.45) is 2.57. The van der Waals surface area contributed by atoms with E-state index in [4.69, 9.17) is 0 Å². The topological polar surface area (TPSA) is 49.3 Å². The Hall–Kier alpha value is -0.220. The molecule has 94 valence electrons. The van der Waals surface area contributed by atoms with Gasteiger partial charge in [0, 0.05) is 5.25 Å². The molecule has 0 heterocycles. The second kappa shape index (κ2) is 5.92. The third kappa shape index (κ3) is 3.39. The minimum Gasteiger partial charge on any atom is -0.480 e. The minimum absolute atomic E-state index is 0.512. The van der Waals surface area contributed by atoms with E-state index in [9.17, 15) is 9.90 Å². The second-order valence-electron chi connectivity index (χ2n) is 5.01. The number of hydrogen-bond acceptors (Lipinski definition) is 3. The van der Waals surface area contributed by atoms with Gasteiger partial charge in [-0.1, -0.05) is 20.8 Å². The van der Waals surface area contributed by atoms with Crippen LogP contribution in [0.25, 0.3) is 0 Å². The van der Waals surface area contributed by atoms with Gasteiger partial charge in [-0.05, 0) is 37.5 Å². The van der Waals surface area contributed by atoms with E-state index >= 15 is 0 Å². The molecule has 0 bridgehead atoms. The van der Waals surface area contributed by atoms with Gasteiger partial charge in [-0.15, -0.1) is 0 Å². The van der Waals surface area contributed by atoms with Gasteiger partial charge in [-0.2, -0.15) is 11.8 Å². The highest BCUT2D eigenvalue weighted by Gasteiger charge is 2.44. The first kappa shape index (κ1) is 13.8. The van der Waals surface area contributed by atoms with Crippen molar-refractivity contribution in [1.82, 2.24) is 5.32 Å². The molecule has 0 saturated heterocycles. The van der Waals surface area contributed by atoms with Crippen molar-refractivity contribution >= 4 is 17.7 Å². The van der Waals surface area contributed by atoms with Crippen LogP contribution in [0.1, 0.15) is 40.0 Å². The summed E-state index contributed by atoms with van der Waals surface area (Å²) in [5, 5.41) is 13.0. The molecule has 0 aromatic carbocycles. The number of thioether (sulfide) groups is 1. The number of likely N-dealkylation sites (N-methyl/N-ethyl adjacent to an activating group) is 1. The molecule has 16 heavy (non-hydrogen) atoms. The molecule has 0 amide bonds. The Morgan fingerprint density at radius 2 is 2.31 bits per heavy atom. The molecule has 0 aromatic heterocycles. The van der Waals surface area contributed by atoms with Crippen molar-refractivity contribution in [3.8, 4) is 0 Å². The van der Waals surface area contributed by atoms with E-state index in [1.165, 1.54) is 0 Å². The van der Waals surface area contributed by atoms with E-state index in [0.29, 0.717) is 11.2 Å². The second-order valence-corrected chi connectivity index (χ2v) is 6.34. The SMILES string of the molecule is CCNC1(C(=O)O)CCC(SCC(C)C)C1. The van der Waals surface area contributed by atoms with Gasteiger partial charge in [-0.3, -0.25) is 4.79 Å². The van der Waals surface area contributed by atoms with Crippen LogP contribution < -0.4 is 5.32 Å². The first-order valence-electron chi connectivity index (χ1n) is 6.10. The quantitative estimate of drug-likeness (QED) is 0.754. The molecule has 1 aliphatic carbocycles. The highest BCUT2D eigenvalue weighted by molar-refractivity contribution is 7.99. The first-order chi connectivity index (χ1) is 7.50. The Morgan fingerprint density at radius 1 is 1.62 bits per heavy atom. The van der Waals surface area contributed by atoms with Gasteiger partial charge in [0.05, 0.1) is 0 Å². The Morgan fingerprint density at radius 3 is 2.81 bits per heavy atom. The summed E-state index contributed by atoms with van der Waals surface area (Å²) < 4.78 is 0. The standard InChI is InChI=1S/C12H23NO2S/c1-4-13-12(11(14)15)6-5-10(7-12)16-8-9(2)3/h9-10,13H,4-8H2,1-3H3,(H,14,15). The Balaban J connectivity index is 2.50. The Kier molecular flexibility index (Phi) is 5.12. The van der Waals surface area contributed by atoms with Gasteiger partial charge in [0.1, 0.15) is 5.54 Å². The number of nitrogens with one attached hydrogen (secondary N) is 1. The molecule has 4 heteroatoms. The van der Waals surface area contributed by atoms with Gasteiger partial charge in [0.2, 0.25) is 0 Å². The monoisotopic (exact) mass is 245 g/mol. The smallest absolute Gasteiger partial charge is 0.323 e. The lowest BCUT2D eigenvalue weighted by molar-refractivity contribution is -0.144. The molecule has 0 aromatic rings. The van der Waals surface area contributed by atoms with Crippen LogP contribution in [0.5, 0.6) is 0 Å². The highest BCUT2D eigenvalue weighted by atomic mass is 32.2. The molecule has 3 nitrogen and oxygen atoms in total.